The number of carbonyl (C=O) groups is 1. The molecule has 0 radical (unpaired) electrons. The highest BCUT2D eigenvalue weighted by Crippen LogP contribution is 2.15. The van der Waals surface area contributed by atoms with Crippen molar-refractivity contribution in [1.82, 2.24) is 29.2 Å². The van der Waals surface area contributed by atoms with Crippen LogP contribution in [0, 0.1) is 0 Å². The molecule has 4 rings (SSSR count). The van der Waals surface area contributed by atoms with Gasteiger partial charge >= 0.3 is 5.69 Å². The molecule has 1 N–H and O–H groups in total. The molecule has 2 heterocycles. The maximum absolute atomic E-state index is 12.8. The first kappa shape index (κ1) is 21.0. The van der Waals surface area contributed by atoms with Gasteiger partial charge in [-0.3, -0.25) is 18.7 Å². The molecule has 0 saturated heterocycles. The lowest BCUT2D eigenvalue weighted by Gasteiger charge is -2.16. The predicted octanol–water partition coefficient (Wildman–Crippen LogP) is 1.52. The first-order valence-corrected chi connectivity index (χ1v) is 10.1. The van der Waals surface area contributed by atoms with Crippen molar-refractivity contribution in [3.05, 3.63) is 111 Å². The smallest absolute Gasteiger partial charge is 0.331 e. The fourth-order valence-corrected chi connectivity index (χ4v) is 3.37. The van der Waals surface area contributed by atoms with Crippen LogP contribution in [0.25, 0.3) is 5.69 Å². The van der Waals surface area contributed by atoms with E-state index >= 15 is 0 Å². The lowest BCUT2D eigenvalue weighted by atomic mass is 10.1. The van der Waals surface area contributed by atoms with Gasteiger partial charge in [-0.15, -0.1) is 0 Å². The molecule has 2 aromatic carbocycles. The van der Waals surface area contributed by atoms with Crippen LogP contribution < -0.4 is 16.6 Å². The Kier molecular flexibility index (Phi) is 6.07. The summed E-state index contributed by atoms with van der Waals surface area (Å²) in [7, 11) is 0. The Morgan fingerprint density at radius 2 is 1.78 bits per heavy atom. The van der Waals surface area contributed by atoms with E-state index in [2.05, 4.69) is 15.4 Å². The van der Waals surface area contributed by atoms with Gasteiger partial charge in [-0.05, 0) is 30.2 Å². The third-order valence-corrected chi connectivity index (χ3v) is 5.09. The van der Waals surface area contributed by atoms with Crippen LogP contribution in [0.2, 0.25) is 0 Å². The van der Waals surface area contributed by atoms with E-state index in [-0.39, 0.29) is 12.6 Å². The second kappa shape index (κ2) is 9.25. The Labute approximate surface area is 183 Å². The maximum atomic E-state index is 12.8. The van der Waals surface area contributed by atoms with Crippen molar-refractivity contribution in [1.29, 1.82) is 0 Å². The number of hydrogen-bond donors (Lipinski definition) is 1. The molecule has 0 aliphatic carbocycles. The number of rotatable bonds is 7. The number of aromatic nitrogens is 5. The summed E-state index contributed by atoms with van der Waals surface area (Å²) < 4.78 is 3.99. The number of nitrogens with zero attached hydrogens (tertiary/aromatic N) is 5. The molecule has 162 valence electrons. The second-order valence-electron chi connectivity index (χ2n) is 7.36. The van der Waals surface area contributed by atoms with Crippen molar-refractivity contribution in [2.45, 2.75) is 26.1 Å². The second-order valence-corrected chi connectivity index (χ2v) is 7.36. The van der Waals surface area contributed by atoms with Gasteiger partial charge in [0.05, 0.1) is 18.3 Å². The first-order chi connectivity index (χ1) is 15.5. The highest BCUT2D eigenvalue weighted by molar-refractivity contribution is 5.76. The van der Waals surface area contributed by atoms with Gasteiger partial charge in [-0.25, -0.2) is 14.5 Å². The van der Waals surface area contributed by atoms with Crippen LogP contribution in [-0.2, 0) is 17.9 Å². The lowest BCUT2D eigenvalue weighted by Crippen LogP contribution is -2.43. The summed E-state index contributed by atoms with van der Waals surface area (Å²) in [5.74, 6) is -0.422. The van der Waals surface area contributed by atoms with Gasteiger partial charge in [-0.2, -0.15) is 5.10 Å². The molecule has 4 aromatic rings. The van der Waals surface area contributed by atoms with Crippen LogP contribution in [-0.4, -0.2) is 29.8 Å². The molecule has 1 atom stereocenters. The molecular formula is C23H22N6O3. The van der Waals surface area contributed by atoms with Crippen LogP contribution in [0.1, 0.15) is 24.1 Å². The van der Waals surface area contributed by atoms with Gasteiger partial charge in [0, 0.05) is 12.3 Å². The quantitative estimate of drug-likeness (QED) is 0.479. The van der Waals surface area contributed by atoms with Crippen molar-refractivity contribution in [3.8, 4) is 5.69 Å². The van der Waals surface area contributed by atoms with Crippen molar-refractivity contribution >= 4 is 5.91 Å². The Balaban J connectivity index is 1.45. The molecule has 32 heavy (non-hydrogen) atoms. The third-order valence-electron chi connectivity index (χ3n) is 5.09. The van der Waals surface area contributed by atoms with Crippen LogP contribution in [0.4, 0.5) is 0 Å². The summed E-state index contributed by atoms with van der Waals surface area (Å²) in [4.78, 5) is 41.5. The zero-order valence-electron chi connectivity index (χ0n) is 17.5. The normalized spacial score (nSPS) is 11.8. The fourth-order valence-electron chi connectivity index (χ4n) is 3.37. The third kappa shape index (κ3) is 4.72. The largest absolute Gasteiger partial charge is 0.348 e. The summed E-state index contributed by atoms with van der Waals surface area (Å²) in [6.45, 7) is 1.80. The zero-order valence-corrected chi connectivity index (χ0v) is 17.5. The summed E-state index contributed by atoms with van der Waals surface area (Å²) in [6, 6.07) is 17.9. The number of hydrogen-bond acceptors (Lipinski definition) is 5. The van der Waals surface area contributed by atoms with Gasteiger partial charge < -0.3 is 5.32 Å². The van der Waals surface area contributed by atoms with Gasteiger partial charge in [0.25, 0.3) is 5.56 Å². The van der Waals surface area contributed by atoms with E-state index in [1.807, 2.05) is 61.5 Å². The van der Waals surface area contributed by atoms with Crippen molar-refractivity contribution in [3.63, 3.8) is 0 Å². The molecule has 0 aliphatic heterocycles. The minimum Gasteiger partial charge on any atom is -0.348 e. The van der Waals surface area contributed by atoms with E-state index in [4.69, 9.17) is 0 Å². The molecule has 0 spiro atoms. The number of amides is 1. The highest BCUT2D eigenvalue weighted by atomic mass is 16.2. The average Bonchev–Trinajstić information content (AvgIpc) is 3.34. The van der Waals surface area contributed by atoms with Gasteiger partial charge in [0.1, 0.15) is 19.2 Å². The molecule has 0 bridgehead atoms. The topological polar surface area (TPSA) is 104 Å². The number of carbonyl (C=O) groups excluding carboxylic acids is 1. The average molecular weight is 430 g/mol. The Bertz CT molecular complexity index is 1310. The predicted molar refractivity (Wildman–Crippen MR) is 118 cm³/mol. The monoisotopic (exact) mass is 430 g/mol. The SMILES string of the molecule is CC(NC(=O)Cn1c(=O)ccn(Cc2ccccc2)c1=O)c1ccc(-n2cncn2)cc1. The van der Waals surface area contributed by atoms with Crippen LogP contribution in [0.3, 0.4) is 0 Å². The van der Waals surface area contributed by atoms with Gasteiger partial charge in [0.2, 0.25) is 5.91 Å². The van der Waals surface area contributed by atoms with E-state index < -0.39 is 17.2 Å². The number of benzene rings is 2. The van der Waals surface area contributed by atoms with E-state index in [0.29, 0.717) is 6.54 Å². The maximum Gasteiger partial charge on any atom is 0.331 e. The molecule has 0 fully saturated rings. The van der Waals surface area contributed by atoms with Crippen LogP contribution in [0.5, 0.6) is 0 Å². The summed E-state index contributed by atoms with van der Waals surface area (Å²) >= 11 is 0. The summed E-state index contributed by atoms with van der Waals surface area (Å²) in [6.07, 6.45) is 4.50. The highest BCUT2D eigenvalue weighted by Gasteiger charge is 2.14. The van der Waals surface area contributed by atoms with Crippen LogP contribution >= 0.6 is 0 Å². The van der Waals surface area contributed by atoms with Crippen LogP contribution in [0.15, 0.2) is 89.1 Å². The first-order valence-electron chi connectivity index (χ1n) is 10.1. The van der Waals surface area contributed by atoms with Gasteiger partial charge in [0.15, 0.2) is 0 Å². The van der Waals surface area contributed by atoms with Crippen molar-refractivity contribution in [2.24, 2.45) is 0 Å². The molecule has 2 aromatic heterocycles. The Hall–Kier alpha value is -4.27. The molecular weight excluding hydrogens is 408 g/mol. The number of nitrogens with one attached hydrogen (secondary N) is 1. The molecule has 0 aliphatic rings. The Morgan fingerprint density at radius 1 is 1.03 bits per heavy atom. The zero-order chi connectivity index (χ0) is 22.5. The lowest BCUT2D eigenvalue weighted by molar-refractivity contribution is -0.122. The summed E-state index contributed by atoms with van der Waals surface area (Å²) in [5, 5.41) is 6.92. The van der Waals surface area contributed by atoms with E-state index in [1.165, 1.54) is 23.2 Å². The fraction of sp³-hybridized carbons (Fsp3) is 0.174. The summed E-state index contributed by atoms with van der Waals surface area (Å²) in [5.41, 5.74) is 1.61. The molecule has 9 nitrogen and oxygen atoms in total. The van der Waals surface area contributed by atoms with Crippen molar-refractivity contribution in [2.75, 3.05) is 0 Å². The molecule has 1 amide bonds. The van der Waals surface area contributed by atoms with E-state index in [1.54, 1.807) is 11.0 Å². The standard InChI is InChI=1S/C23H22N6O3/c1-17(19-7-9-20(10-8-19)29-16-24-15-25-29)26-21(30)14-28-22(31)11-12-27(23(28)32)13-18-5-3-2-4-6-18/h2-12,15-17H,13-14H2,1H3,(H,26,30). The molecule has 0 saturated carbocycles. The minimum atomic E-state index is -0.527. The molecule has 9 heteroatoms. The van der Waals surface area contributed by atoms with Crippen molar-refractivity contribution < 1.29 is 4.79 Å². The minimum absolute atomic E-state index is 0.307. The Morgan fingerprint density at radius 3 is 2.47 bits per heavy atom. The molecule has 1 unspecified atom stereocenters. The van der Waals surface area contributed by atoms with Gasteiger partial charge in [-0.1, -0.05) is 42.5 Å². The van der Waals surface area contributed by atoms with E-state index in [0.717, 1.165) is 21.4 Å². The van der Waals surface area contributed by atoms with E-state index in [9.17, 15) is 14.4 Å².